The molecule has 1 aliphatic heterocycles. The Bertz CT molecular complexity index is 942. The number of likely N-dealkylation sites (N-methyl/N-ethyl adjacent to an activating group) is 1. The van der Waals surface area contributed by atoms with Gasteiger partial charge in [-0.3, -0.25) is 15.1 Å². The van der Waals surface area contributed by atoms with Gasteiger partial charge in [0, 0.05) is 36.1 Å². The van der Waals surface area contributed by atoms with Crippen LogP contribution in [0, 0.1) is 17.0 Å². The molecule has 3 rings (SSSR count). The maximum Gasteiger partial charge on any atom is 0.274 e. The maximum absolute atomic E-state index is 11.1. The number of rotatable bonds is 3. The van der Waals surface area contributed by atoms with Crippen molar-refractivity contribution < 1.29 is 4.92 Å². The Morgan fingerprint density at radius 2 is 1.88 bits per heavy atom. The summed E-state index contributed by atoms with van der Waals surface area (Å²) in [6.45, 7) is 8.23. The normalized spacial score (nSPS) is 15.7. The van der Waals surface area contributed by atoms with Crippen LogP contribution in [-0.4, -0.2) is 23.7 Å². The van der Waals surface area contributed by atoms with Crippen molar-refractivity contribution in [3.05, 3.63) is 69.3 Å². The largest absolute Gasteiger partial charge is 0.366 e. The van der Waals surface area contributed by atoms with E-state index in [1.807, 2.05) is 6.07 Å². The molecule has 26 heavy (non-hydrogen) atoms. The number of aryl methyl sites for hydroxylation is 1. The number of hydrogen-bond acceptors (Lipinski definition) is 4. The van der Waals surface area contributed by atoms with Crippen molar-refractivity contribution >= 4 is 28.8 Å². The lowest BCUT2D eigenvalue weighted by molar-refractivity contribution is -0.385. The van der Waals surface area contributed by atoms with Gasteiger partial charge in [0.2, 0.25) is 0 Å². The van der Waals surface area contributed by atoms with E-state index in [4.69, 9.17) is 0 Å². The predicted molar refractivity (Wildman–Crippen MR) is 108 cm³/mol. The van der Waals surface area contributed by atoms with Crippen molar-refractivity contribution in [1.82, 2.24) is 0 Å². The van der Waals surface area contributed by atoms with E-state index < -0.39 is 0 Å². The molecule has 0 aromatic heterocycles. The van der Waals surface area contributed by atoms with Gasteiger partial charge in [-0.1, -0.05) is 18.2 Å². The maximum atomic E-state index is 11.1. The molecule has 0 fully saturated rings. The highest BCUT2D eigenvalue weighted by atomic mass is 16.6. The van der Waals surface area contributed by atoms with Gasteiger partial charge >= 0.3 is 0 Å². The third-order valence-corrected chi connectivity index (χ3v) is 4.99. The van der Waals surface area contributed by atoms with Crippen LogP contribution in [0.3, 0.4) is 0 Å². The molecule has 1 aliphatic rings. The fraction of sp³-hybridized carbons (Fsp3) is 0.286. The Balaban J connectivity index is 1.93. The van der Waals surface area contributed by atoms with Crippen LogP contribution in [0.1, 0.15) is 37.5 Å². The Kier molecular flexibility index (Phi) is 4.40. The average Bonchev–Trinajstić information content (AvgIpc) is 2.58. The van der Waals surface area contributed by atoms with E-state index >= 15 is 0 Å². The highest BCUT2D eigenvalue weighted by Gasteiger charge is 2.28. The zero-order chi connectivity index (χ0) is 19.1. The van der Waals surface area contributed by atoms with E-state index in [0.717, 1.165) is 5.56 Å². The van der Waals surface area contributed by atoms with Crippen molar-refractivity contribution in [2.75, 3.05) is 11.9 Å². The molecule has 0 amide bonds. The Morgan fingerprint density at radius 3 is 2.58 bits per heavy atom. The smallest absolute Gasteiger partial charge is 0.274 e. The fourth-order valence-corrected chi connectivity index (χ4v) is 3.28. The minimum absolute atomic E-state index is 0.0203. The van der Waals surface area contributed by atoms with E-state index in [1.54, 1.807) is 25.3 Å². The van der Waals surface area contributed by atoms with Crippen molar-refractivity contribution in [3.63, 3.8) is 0 Å². The number of benzene rings is 2. The van der Waals surface area contributed by atoms with Crippen molar-refractivity contribution in [3.8, 4) is 0 Å². The summed E-state index contributed by atoms with van der Waals surface area (Å²) in [5, 5.41) is 11.1. The van der Waals surface area contributed by atoms with Crippen LogP contribution >= 0.6 is 0 Å². The van der Waals surface area contributed by atoms with Gasteiger partial charge in [0.15, 0.2) is 0 Å². The second-order valence-electron chi connectivity index (χ2n) is 7.30. The second kappa shape index (κ2) is 6.41. The van der Waals surface area contributed by atoms with E-state index in [9.17, 15) is 10.1 Å². The predicted octanol–water partition coefficient (Wildman–Crippen LogP) is 5.29. The number of nitro groups is 1. The van der Waals surface area contributed by atoms with E-state index in [0.29, 0.717) is 11.3 Å². The van der Waals surface area contributed by atoms with Crippen LogP contribution in [0.15, 0.2) is 47.5 Å². The SMILES string of the molecule is CC1=CC(C)(C)N(C)c2ccc(C=Nc3ccc(C)c([N+](=O)[O-])c3)cc21. The zero-order valence-corrected chi connectivity index (χ0v) is 15.8. The van der Waals surface area contributed by atoms with Crippen molar-refractivity contribution in [1.29, 1.82) is 0 Å². The summed E-state index contributed by atoms with van der Waals surface area (Å²) in [6, 6.07) is 11.3. The van der Waals surface area contributed by atoms with Gasteiger partial charge in [-0.2, -0.15) is 0 Å². The molecule has 5 nitrogen and oxygen atoms in total. The van der Waals surface area contributed by atoms with Crippen LogP contribution in [-0.2, 0) is 0 Å². The fourth-order valence-electron chi connectivity index (χ4n) is 3.28. The number of allylic oxidation sites excluding steroid dienone is 1. The van der Waals surface area contributed by atoms with Crippen LogP contribution in [0.2, 0.25) is 0 Å². The molecule has 134 valence electrons. The van der Waals surface area contributed by atoms with Crippen LogP contribution in [0.4, 0.5) is 17.1 Å². The molecule has 0 saturated heterocycles. The third kappa shape index (κ3) is 3.25. The summed E-state index contributed by atoms with van der Waals surface area (Å²) in [5.74, 6) is 0. The monoisotopic (exact) mass is 349 g/mol. The standard InChI is InChI=1S/C21H23N3O2/c1-14-6-8-17(11-20(14)24(25)26)22-13-16-7-9-19-18(10-16)15(2)12-21(3,4)23(19)5/h6-13H,1-5H3. The number of fused-ring (bicyclic) bond motifs is 1. The molecule has 0 saturated carbocycles. The van der Waals surface area contributed by atoms with Crippen LogP contribution in [0.25, 0.3) is 5.57 Å². The lowest BCUT2D eigenvalue weighted by Crippen LogP contribution is -2.42. The molecule has 2 aromatic carbocycles. The van der Waals surface area contributed by atoms with Crippen LogP contribution in [0.5, 0.6) is 0 Å². The van der Waals surface area contributed by atoms with E-state index in [1.165, 1.54) is 22.9 Å². The van der Waals surface area contributed by atoms with Crippen LogP contribution < -0.4 is 4.90 Å². The van der Waals surface area contributed by atoms with Gasteiger partial charge in [0.1, 0.15) is 0 Å². The third-order valence-electron chi connectivity index (χ3n) is 4.99. The quantitative estimate of drug-likeness (QED) is 0.430. The number of aliphatic imine (C=N–C) groups is 1. The first-order valence-corrected chi connectivity index (χ1v) is 8.56. The summed E-state index contributed by atoms with van der Waals surface area (Å²) < 4.78 is 0. The summed E-state index contributed by atoms with van der Waals surface area (Å²) >= 11 is 0. The molecule has 0 unspecified atom stereocenters. The highest BCUT2D eigenvalue weighted by molar-refractivity contribution is 5.88. The number of nitrogens with zero attached hydrogens (tertiary/aromatic N) is 3. The first kappa shape index (κ1) is 17.9. The number of anilines is 1. The van der Waals surface area contributed by atoms with Crippen molar-refractivity contribution in [2.24, 2.45) is 4.99 Å². The highest BCUT2D eigenvalue weighted by Crippen LogP contribution is 2.38. The molecule has 0 radical (unpaired) electrons. The first-order valence-electron chi connectivity index (χ1n) is 8.56. The molecule has 2 aromatic rings. The van der Waals surface area contributed by atoms with Gasteiger partial charge in [-0.15, -0.1) is 0 Å². The lowest BCUT2D eigenvalue weighted by Gasteiger charge is -2.40. The second-order valence-corrected chi connectivity index (χ2v) is 7.30. The summed E-state index contributed by atoms with van der Waals surface area (Å²) in [7, 11) is 2.10. The topological polar surface area (TPSA) is 58.7 Å². The molecule has 5 heteroatoms. The Labute approximate surface area is 153 Å². The van der Waals surface area contributed by atoms with Crippen molar-refractivity contribution in [2.45, 2.75) is 33.2 Å². The number of nitro benzene ring substituents is 1. The summed E-state index contributed by atoms with van der Waals surface area (Å²) in [4.78, 5) is 17.4. The lowest BCUT2D eigenvalue weighted by atomic mass is 9.89. The number of hydrogen-bond donors (Lipinski definition) is 0. The summed E-state index contributed by atoms with van der Waals surface area (Å²) in [6.07, 6.45) is 4.02. The molecule has 0 bridgehead atoms. The van der Waals surface area contributed by atoms with Gasteiger partial charge < -0.3 is 4.90 Å². The van der Waals surface area contributed by atoms with Gasteiger partial charge in [0.05, 0.1) is 16.1 Å². The molecule has 0 spiro atoms. The van der Waals surface area contributed by atoms with Gasteiger partial charge in [0.25, 0.3) is 5.69 Å². The van der Waals surface area contributed by atoms with Gasteiger partial charge in [-0.05, 0) is 57.0 Å². The average molecular weight is 349 g/mol. The molecular weight excluding hydrogens is 326 g/mol. The molecular formula is C21H23N3O2. The molecule has 0 aliphatic carbocycles. The summed E-state index contributed by atoms with van der Waals surface area (Å²) in [5.41, 5.74) is 5.86. The van der Waals surface area contributed by atoms with E-state index in [-0.39, 0.29) is 16.1 Å². The van der Waals surface area contributed by atoms with E-state index in [2.05, 4.69) is 55.9 Å². The minimum atomic E-state index is -0.376. The molecule has 1 heterocycles. The zero-order valence-electron chi connectivity index (χ0n) is 15.8. The first-order chi connectivity index (χ1) is 12.2. The van der Waals surface area contributed by atoms with Gasteiger partial charge in [-0.25, -0.2) is 0 Å². The Hall–Kier alpha value is -2.95. The Morgan fingerprint density at radius 1 is 1.15 bits per heavy atom. The minimum Gasteiger partial charge on any atom is -0.366 e. The molecule has 0 N–H and O–H groups in total. The molecule has 0 atom stereocenters.